The molecule has 0 unspecified atom stereocenters. The molecular weight excluding hydrogens is 298 g/mol. The molecule has 3 N–H and O–H groups in total. The zero-order chi connectivity index (χ0) is 16.0. The summed E-state index contributed by atoms with van der Waals surface area (Å²) in [6.45, 7) is 3.22. The van der Waals surface area contributed by atoms with E-state index >= 15 is 0 Å². The smallest absolute Gasteiger partial charge is 0.332 e. The van der Waals surface area contributed by atoms with Gasteiger partial charge in [0.05, 0.1) is 0 Å². The second-order valence-electron chi connectivity index (χ2n) is 4.96. The predicted molar refractivity (Wildman–Crippen MR) is 77.4 cm³/mol. The highest BCUT2D eigenvalue weighted by molar-refractivity contribution is 6.30. The van der Waals surface area contributed by atoms with Crippen LogP contribution in [0.5, 0.6) is 5.75 Å². The third kappa shape index (κ3) is 5.61. The van der Waals surface area contributed by atoms with Crippen LogP contribution >= 0.6 is 11.6 Å². The summed E-state index contributed by atoms with van der Waals surface area (Å²) in [5, 5.41) is 20.7. The fraction of sp³-hybridized carbons (Fsp3) is 0.429. The number of benzene rings is 1. The number of aliphatic hydroxyl groups excluding tert-OH is 1. The fourth-order valence-electron chi connectivity index (χ4n) is 1.50. The lowest BCUT2D eigenvalue weighted by atomic mass is 10.1. The lowest BCUT2D eigenvalue weighted by Crippen LogP contribution is -2.47. The molecule has 1 rings (SSSR count). The summed E-state index contributed by atoms with van der Waals surface area (Å²) in [5.41, 5.74) is -1.14. The Balaban J connectivity index is 2.51. The van der Waals surface area contributed by atoms with Gasteiger partial charge in [-0.1, -0.05) is 11.6 Å². The van der Waals surface area contributed by atoms with Gasteiger partial charge in [0.15, 0.2) is 11.7 Å². The molecule has 0 spiro atoms. The zero-order valence-electron chi connectivity index (χ0n) is 11.8. The topological polar surface area (TPSA) is 95.9 Å². The molecule has 1 atom stereocenters. The number of carbonyl (C=O) groups excluding carboxylic acids is 1. The van der Waals surface area contributed by atoms with Crippen LogP contribution in [0.15, 0.2) is 24.3 Å². The van der Waals surface area contributed by atoms with E-state index in [2.05, 4.69) is 5.32 Å². The first kappa shape index (κ1) is 17.3. The number of halogens is 1. The highest BCUT2D eigenvalue weighted by Crippen LogP contribution is 2.20. The summed E-state index contributed by atoms with van der Waals surface area (Å²) < 4.78 is 5.57. The number of rotatable bonds is 7. The molecule has 1 amide bonds. The monoisotopic (exact) mass is 315 g/mol. The van der Waals surface area contributed by atoms with E-state index in [0.717, 1.165) is 0 Å². The van der Waals surface area contributed by atoms with Crippen molar-refractivity contribution >= 4 is 23.5 Å². The van der Waals surface area contributed by atoms with Crippen LogP contribution in [0.3, 0.4) is 0 Å². The Hall–Kier alpha value is -1.79. The molecule has 116 valence electrons. The molecule has 1 aromatic rings. The van der Waals surface area contributed by atoms with Crippen LogP contribution in [0.4, 0.5) is 0 Å². The third-order valence-electron chi connectivity index (χ3n) is 2.72. The van der Waals surface area contributed by atoms with E-state index in [1.54, 1.807) is 38.1 Å². The quantitative estimate of drug-likeness (QED) is 0.707. The predicted octanol–water partition coefficient (Wildman–Crippen LogP) is 1.45. The average molecular weight is 316 g/mol. The average Bonchev–Trinajstić information content (AvgIpc) is 2.40. The minimum atomic E-state index is -1.49. The fourth-order valence-corrected chi connectivity index (χ4v) is 1.63. The maximum atomic E-state index is 12.0. The van der Waals surface area contributed by atoms with E-state index in [9.17, 15) is 9.59 Å². The summed E-state index contributed by atoms with van der Waals surface area (Å²) >= 11 is 5.76. The SMILES string of the molecule is CC(C)(Oc1ccc(Cl)cc1)C(=O)NCC[C@H](O)C(=O)O. The van der Waals surface area contributed by atoms with E-state index in [0.29, 0.717) is 10.8 Å². The Morgan fingerprint density at radius 2 is 1.90 bits per heavy atom. The molecule has 0 saturated heterocycles. The van der Waals surface area contributed by atoms with Crippen molar-refractivity contribution in [3.8, 4) is 5.75 Å². The molecule has 7 heteroatoms. The van der Waals surface area contributed by atoms with Gasteiger partial charge in [0.2, 0.25) is 0 Å². The maximum Gasteiger partial charge on any atom is 0.332 e. The largest absolute Gasteiger partial charge is 0.479 e. The van der Waals surface area contributed by atoms with Crippen LogP contribution in [-0.4, -0.2) is 40.3 Å². The molecule has 21 heavy (non-hydrogen) atoms. The summed E-state index contributed by atoms with van der Waals surface area (Å²) in [6.07, 6.45) is -1.57. The normalized spacial score (nSPS) is 12.6. The molecule has 0 aromatic heterocycles. The number of aliphatic hydroxyl groups is 1. The van der Waals surface area contributed by atoms with Crippen molar-refractivity contribution in [1.29, 1.82) is 0 Å². The number of ether oxygens (including phenoxy) is 1. The lowest BCUT2D eigenvalue weighted by Gasteiger charge is -2.25. The van der Waals surface area contributed by atoms with Gasteiger partial charge in [0, 0.05) is 18.0 Å². The molecular formula is C14H18ClNO5. The van der Waals surface area contributed by atoms with Gasteiger partial charge < -0.3 is 20.3 Å². The van der Waals surface area contributed by atoms with Crippen molar-refractivity contribution in [3.63, 3.8) is 0 Å². The first-order valence-electron chi connectivity index (χ1n) is 6.36. The van der Waals surface area contributed by atoms with Gasteiger partial charge in [0.1, 0.15) is 5.75 Å². The van der Waals surface area contributed by atoms with Crippen LogP contribution in [0.1, 0.15) is 20.3 Å². The van der Waals surface area contributed by atoms with E-state index < -0.39 is 23.6 Å². The van der Waals surface area contributed by atoms with E-state index in [1.165, 1.54) is 0 Å². The van der Waals surface area contributed by atoms with Crippen LogP contribution in [0, 0.1) is 0 Å². The second-order valence-corrected chi connectivity index (χ2v) is 5.40. The molecule has 0 fully saturated rings. The minimum absolute atomic E-state index is 0.0414. The molecule has 0 saturated carbocycles. The van der Waals surface area contributed by atoms with E-state index in [4.69, 9.17) is 26.6 Å². The van der Waals surface area contributed by atoms with Crippen LogP contribution in [0.2, 0.25) is 5.02 Å². The number of aliphatic carboxylic acids is 1. The Morgan fingerprint density at radius 3 is 2.43 bits per heavy atom. The first-order valence-corrected chi connectivity index (χ1v) is 6.74. The number of carboxylic acid groups (broad SMARTS) is 1. The molecule has 0 radical (unpaired) electrons. The van der Waals surface area contributed by atoms with Gasteiger partial charge in [-0.15, -0.1) is 0 Å². The van der Waals surface area contributed by atoms with Gasteiger partial charge in [-0.2, -0.15) is 0 Å². The lowest BCUT2D eigenvalue weighted by molar-refractivity contribution is -0.147. The molecule has 6 nitrogen and oxygen atoms in total. The van der Waals surface area contributed by atoms with Gasteiger partial charge in [-0.3, -0.25) is 4.79 Å². The van der Waals surface area contributed by atoms with Crippen LogP contribution in [0.25, 0.3) is 0 Å². The minimum Gasteiger partial charge on any atom is -0.479 e. The Labute approximate surface area is 127 Å². The third-order valence-corrected chi connectivity index (χ3v) is 2.97. The van der Waals surface area contributed by atoms with Crippen molar-refractivity contribution in [2.45, 2.75) is 32.0 Å². The standard InChI is InChI=1S/C14H18ClNO5/c1-14(2,21-10-5-3-9(15)4-6-10)13(20)16-8-7-11(17)12(18)19/h3-6,11,17H,7-8H2,1-2H3,(H,16,20)(H,18,19)/t11-/m0/s1. The maximum absolute atomic E-state index is 12.0. The van der Waals surface area contributed by atoms with Crippen molar-refractivity contribution in [2.24, 2.45) is 0 Å². The van der Waals surface area contributed by atoms with Crippen molar-refractivity contribution < 1.29 is 24.5 Å². The van der Waals surface area contributed by atoms with Crippen molar-refractivity contribution in [2.75, 3.05) is 6.54 Å². The number of amides is 1. The Morgan fingerprint density at radius 1 is 1.33 bits per heavy atom. The Kier molecular flexibility index (Phi) is 5.99. The molecule has 0 aliphatic rings. The first-order chi connectivity index (χ1) is 9.72. The molecule has 0 bridgehead atoms. The van der Waals surface area contributed by atoms with Crippen molar-refractivity contribution in [3.05, 3.63) is 29.3 Å². The van der Waals surface area contributed by atoms with Gasteiger partial charge >= 0.3 is 5.97 Å². The molecule has 0 heterocycles. The highest BCUT2D eigenvalue weighted by atomic mass is 35.5. The number of hydrogen-bond acceptors (Lipinski definition) is 4. The van der Waals surface area contributed by atoms with E-state index in [1.807, 2.05) is 0 Å². The number of nitrogens with one attached hydrogen (secondary N) is 1. The Bertz CT molecular complexity index is 501. The summed E-state index contributed by atoms with van der Waals surface area (Å²) in [5.74, 6) is -1.24. The number of carbonyl (C=O) groups is 2. The van der Waals surface area contributed by atoms with Crippen molar-refractivity contribution in [1.82, 2.24) is 5.32 Å². The van der Waals surface area contributed by atoms with Gasteiger partial charge in [-0.05, 0) is 38.1 Å². The highest BCUT2D eigenvalue weighted by Gasteiger charge is 2.29. The number of hydrogen-bond donors (Lipinski definition) is 3. The number of carboxylic acids is 1. The summed E-state index contributed by atoms with van der Waals surface area (Å²) in [7, 11) is 0. The zero-order valence-corrected chi connectivity index (χ0v) is 12.6. The van der Waals surface area contributed by atoms with Crippen LogP contribution < -0.4 is 10.1 Å². The van der Waals surface area contributed by atoms with Gasteiger partial charge in [0.25, 0.3) is 5.91 Å². The summed E-state index contributed by atoms with van der Waals surface area (Å²) in [4.78, 5) is 22.4. The molecule has 1 aromatic carbocycles. The molecule has 0 aliphatic carbocycles. The molecule has 0 aliphatic heterocycles. The van der Waals surface area contributed by atoms with Gasteiger partial charge in [-0.25, -0.2) is 4.79 Å². The summed E-state index contributed by atoms with van der Waals surface area (Å²) in [6, 6.07) is 6.58. The second kappa shape index (κ2) is 7.28. The van der Waals surface area contributed by atoms with Crippen LogP contribution in [-0.2, 0) is 9.59 Å². The van der Waals surface area contributed by atoms with E-state index in [-0.39, 0.29) is 13.0 Å².